The van der Waals surface area contributed by atoms with Gasteiger partial charge in [-0.25, -0.2) is 0 Å². The van der Waals surface area contributed by atoms with Crippen molar-refractivity contribution in [2.24, 2.45) is 12.8 Å². The lowest BCUT2D eigenvalue weighted by molar-refractivity contribution is 0.415. The maximum Gasteiger partial charge on any atom is 0.118 e. The minimum atomic E-state index is 0.594. The Kier molecular flexibility index (Phi) is 3.84. The van der Waals surface area contributed by atoms with Gasteiger partial charge in [-0.15, -0.1) is 0 Å². The first kappa shape index (κ1) is 12.4. The molecule has 0 radical (unpaired) electrons. The van der Waals surface area contributed by atoms with E-state index in [2.05, 4.69) is 10.4 Å². The van der Waals surface area contributed by atoms with Crippen molar-refractivity contribution < 1.29 is 4.74 Å². The van der Waals surface area contributed by atoms with Crippen LogP contribution in [0.2, 0.25) is 0 Å². The first-order valence-electron chi connectivity index (χ1n) is 5.86. The lowest BCUT2D eigenvalue weighted by Gasteiger charge is -2.08. The van der Waals surface area contributed by atoms with Crippen molar-refractivity contribution in [3.8, 4) is 17.0 Å². The average Bonchev–Trinajstić information content (AvgIpc) is 2.77. The number of nitrogens with two attached hydrogens (primary N) is 1. The molecular formula is C13H18N4O. The minimum Gasteiger partial charge on any atom is -0.497 e. The van der Waals surface area contributed by atoms with E-state index < -0.39 is 0 Å². The molecule has 0 bridgehead atoms. The normalized spacial score (nSPS) is 10.4. The highest BCUT2D eigenvalue weighted by atomic mass is 16.5. The van der Waals surface area contributed by atoms with E-state index in [0.29, 0.717) is 6.54 Å². The molecule has 5 nitrogen and oxygen atoms in total. The number of nitrogens with one attached hydrogen (secondary N) is 1. The zero-order chi connectivity index (χ0) is 13.0. The van der Waals surface area contributed by atoms with Gasteiger partial charge in [-0.3, -0.25) is 4.68 Å². The maximum atomic E-state index is 5.50. The van der Waals surface area contributed by atoms with Gasteiger partial charge in [0.25, 0.3) is 0 Å². The molecule has 0 unspecified atom stereocenters. The summed E-state index contributed by atoms with van der Waals surface area (Å²) in [6.45, 7) is 1.33. The lowest BCUT2D eigenvalue weighted by atomic mass is 10.1. The van der Waals surface area contributed by atoms with Gasteiger partial charge in [0.1, 0.15) is 5.75 Å². The highest BCUT2D eigenvalue weighted by Gasteiger charge is 2.10. The summed E-state index contributed by atoms with van der Waals surface area (Å²) in [6.07, 6.45) is 1.81. The van der Waals surface area contributed by atoms with E-state index in [1.54, 1.807) is 7.11 Å². The molecule has 2 aromatic rings. The number of hydrogen-bond donors (Lipinski definition) is 2. The third-order valence-corrected chi connectivity index (χ3v) is 2.76. The number of ether oxygens (including phenoxy) is 1. The van der Waals surface area contributed by atoms with Gasteiger partial charge >= 0.3 is 0 Å². The molecule has 3 N–H and O–H groups in total. The minimum absolute atomic E-state index is 0.594. The molecule has 0 saturated carbocycles. The smallest absolute Gasteiger partial charge is 0.118 e. The predicted octanol–water partition coefficient (Wildman–Crippen LogP) is 1.47. The van der Waals surface area contributed by atoms with E-state index in [-0.39, 0.29) is 0 Å². The molecule has 0 amide bonds. The van der Waals surface area contributed by atoms with Crippen LogP contribution >= 0.6 is 0 Å². The second-order valence-corrected chi connectivity index (χ2v) is 3.97. The monoisotopic (exact) mass is 246 g/mol. The quantitative estimate of drug-likeness (QED) is 0.838. The molecule has 2 rings (SSSR count). The summed E-state index contributed by atoms with van der Waals surface area (Å²) in [6, 6.07) is 7.91. The first-order valence-corrected chi connectivity index (χ1v) is 5.86. The van der Waals surface area contributed by atoms with Crippen LogP contribution in [0.15, 0.2) is 30.5 Å². The van der Waals surface area contributed by atoms with Crippen molar-refractivity contribution in [1.82, 2.24) is 9.78 Å². The number of hydrogen-bond acceptors (Lipinski definition) is 4. The topological polar surface area (TPSA) is 65.1 Å². The molecule has 0 aliphatic rings. The van der Waals surface area contributed by atoms with E-state index >= 15 is 0 Å². The molecule has 0 aliphatic carbocycles. The molecule has 1 aromatic heterocycles. The van der Waals surface area contributed by atoms with Crippen LogP contribution in [0.5, 0.6) is 5.75 Å². The summed E-state index contributed by atoms with van der Waals surface area (Å²) in [7, 11) is 3.58. The number of aryl methyl sites for hydroxylation is 1. The Morgan fingerprint density at radius 1 is 1.33 bits per heavy atom. The van der Waals surface area contributed by atoms with Gasteiger partial charge in [0.05, 0.1) is 24.7 Å². The number of nitrogens with zero attached hydrogens (tertiary/aromatic N) is 2. The molecule has 1 aromatic carbocycles. The van der Waals surface area contributed by atoms with Crippen LogP contribution in [0.3, 0.4) is 0 Å². The van der Waals surface area contributed by atoms with Crippen LogP contribution in [0.1, 0.15) is 0 Å². The summed E-state index contributed by atoms with van der Waals surface area (Å²) >= 11 is 0. The summed E-state index contributed by atoms with van der Waals surface area (Å²) in [5.74, 6) is 0.845. The largest absolute Gasteiger partial charge is 0.497 e. The molecule has 0 aliphatic heterocycles. The average molecular weight is 246 g/mol. The number of benzene rings is 1. The van der Waals surface area contributed by atoms with Crippen molar-refractivity contribution in [3.63, 3.8) is 0 Å². The zero-order valence-electron chi connectivity index (χ0n) is 10.7. The summed E-state index contributed by atoms with van der Waals surface area (Å²) in [5, 5.41) is 7.54. The first-order chi connectivity index (χ1) is 8.76. The third kappa shape index (κ3) is 2.46. The molecule has 0 atom stereocenters. The van der Waals surface area contributed by atoms with Gasteiger partial charge in [0.2, 0.25) is 0 Å². The Morgan fingerprint density at radius 2 is 2.06 bits per heavy atom. The fraction of sp³-hybridized carbons (Fsp3) is 0.308. The van der Waals surface area contributed by atoms with Gasteiger partial charge in [-0.05, 0) is 24.3 Å². The number of aromatic nitrogens is 2. The highest BCUT2D eigenvalue weighted by molar-refractivity contribution is 5.74. The van der Waals surface area contributed by atoms with Gasteiger partial charge in [0, 0.05) is 25.7 Å². The summed E-state index contributed by atoms with van der Waals surface area (Å²) < 4.78 is 7.01. The van der Waals surface area contributed by atoms with Gasteiger partial charge in [0.15, 0.2) is 0 Å². The molecule has 96 valence electrons. The SMILES string of the molecule is COc1ccc(-c2c(NCCN)cnn2C)cc1. The predicted molar refractivity (Wildman–Crippen MR) is 72.7 cm³/mol. The maximum absolute atomic E-state index is 5.50. The van der Waals surface area contributed by atoms with Gasteiger partial charge in [-0.2, -0.15) is 5.10 Å². The Balaban J connectivity index is 2.32. The lowest BCUT2D eigenvalue weighted by Crippen LogP contribution is -2.13. The number of anilines is 1. The fourth-order valence-corrected chi connectivity index (χ4v) is 1.86. The fourth-order valence-electron chi connectivity index (χ4n) is 1.86. The summed E-state index contributed by atoms with van der Waals surface area (Å²) in [4.78, 5) is 0. The van der Waals surface area contributed by atoms with Crippen LogP contribution in [-0.2, 0) is 7.05 Å². The van der Waals surface area contributed by atoms with Crippen LogP contribution < -0.4 is 15.8 Å². The number of methoxy groups -OCH3 is 1. The van der Waals surface area contributed by atoms with E-state index in [1.807, 2.05) is 42.2 Å². The molecule has 1 heterocycles. The van der Waals surface area contributed by atoms with Crippen molar-refractivity contribution in [2.45, 2.75) is 0 Å². The van der Waals surface area contributed by atoms with Crippen molar-refractivity contribution >= 4 is 5.69 Å². The van der Waals surface area contributed by atoms with Crippen molar-refractivity contribution in [2.75, 3.05) is 25.5 Å². The van der Waals surface area contributed by atoms with E-state index in [0.717, 1.165) is 29.2 Å². The van der Waals surface area contributed by atoms with Crippen LogP contribution in [-0.4, -0.2) is 30.0 Å². The van der Waals surface area contributed by atoms with Crippen LogP contribution in [0.4, 0.5) is 5.69 Å². The Bertz CT molecular complexity index is 504. The Morgan fingerprint density at radius 3 is 2.67 bits per heavy atom. The van der Waals surface area contributed by atoms with Crippen LogP contribution in [0.25, 0.3) is 11.3 Å². The second-order valence-electron chi connectivity index (χ2n) is 3.97. The standard InChI is InChI=1S/C13H18N4O/c1-17-13(12(9-16-17)15-8-7-14)10-3-5-11(18-2)6-4-10/h3-6,9,15H,7-8,14H2,1-2H3. The molecule has 5 heteroatoms. The molecule has 0 fully saturated rings. The van der Waals surface area contributed by atoms with E-state index in [9.17, 15) is 0 Å². The van der Waals surface area contributed by atoms with Gasteiger partial charge < -0.3 is 15.8 Å². The van der Waals surface area contributed by atoms with E-state index in [1.165, 1.54) is 0 Å². The van der Waals surface area contributed by atoms with Gasteiger partial charge in [-0.1, -0.05) is 0 Å². The zero-order valence-corrected chi connectivity index (χ0v) is 10.7. The third-order valence-electron chi connectivity index (χ3n) is 2.76. The number of rotatable bonds is 5. The molecule has 0 spiro atoms. The second kappa shape index (κ2) is 5.55. The van der Waals surface area contributed by atoms with Crippen molar-refractivity contribution in [1.29, 1.82) is 0 Å². The molecular weight excluding hydrogens is 228 g/mol. The molecule has 0 saturated heterocycles. The van der Waals surface area contributed by atoms with Crippen LogP contribution in [0, 0.1) is 0 Å². The Labute approximate surface area is 107 Å². The molecule has 18 heavy (non-hydrogen) atoms. The summed E-state index contributed by atoms with van der Waals surface area (Å²) in [5.41, 5.74) is 8.64. The van der Waals surface area contributed by atoms with E-state index in [4.69, 9.17) is 10.5 Å². The highest BCUT2D eigenvalue weighted by Crippen LogP contribution is 2.28. The Hall–Kier alpha value is -2.01. The van der Waals surface area contributed by atoms with Crippen molar-refractivity contribution in [3.05, 3.63) is 30.5 Å².